The van der Waals surface area contributed by atoms with E-state index in [9.17, 15) is 9.18 Å². The monoisotopic (exact) mass is 442 g/mol. The summed E-state index contributed by atoms with van der Waals surface area (Å²) < 4.78 is 13.9. The number of benzene rings is 2. The first-order valence-electron chi connectivity index (χ1n) is 9.22. The van der Waals surface area contributed by atoms with Crippen molar-refractivity contribution in [3.8, 4) is 11.3 Å². The molecule has 0 bridgehead atoms. The Bertz CT molecular complexity index is 973. The molecule has 0 saturated carbocycles. The number of carbonyl (C=O) groups excluding carboxylic acids is 1. The Hall–Kier alpha value is -2.67. The number of H-pyrrole nitrogens is 1. The van der Waals surface area contributed by atoms with E-state index >= 15 is 0 Å². The van der Waals surface area contributed by atoms with Crippen molar-refractivity contribution in [1.82, 2.24) is 15.5 Å². The maximum absolute atomic E-state index is 13.1. The van der Waals surface area contributed by atoms with Crippen molar-refractivity contribution in [2.75, 3.05) is 18.0 Å². The zero-order valence-electron chi connectivity index (χ0n) is 15.2. The third kappa shape index (κ3) is 4.09. The van der Waals surface area contributed by atoms with Crippen LogP contribution in [0.15, 0.2) is 59.1 Å². The van der Waals surface area contributed by atoms with Gasteiger partial charge in [0.05, 0.1) is 11.3 Å². The Morgan fingerprint density at radius 2 is 2.00 bits per heavy atom. The van der Waals surface area contributed by atoms with E-state index in [0.29, 0.717) is 12.1 Å². The molecule has 1 fully saturated rings. The van der Waals surface area contributed by atoms with Crippen LogP contribution in [0.5, 0.6) is 0 Å². The van der Waals surface area contributed by atoms with Crippen LogP contribution in [0.25, 0.3) is 11.3 Å². The lowest BCUT2D eigenvalue weighted by atomic mass is 10.0. The molecule has 1 aliphatic heterocycles. The average molecular weight is 443 g/mol. The summed E-state index contributed by atoms with van der Waals surface area (Å²) in [6.07, 6.45) is 1.90. The summed E-state index contributed by atoms with van der Waals surface area (Å²) in [6.45, 7) is 1.58. The minimum absolute atomic E-state index is 0.0549. The summed E-state index contributed by atoms with van der Waals surface area (Å²) >= 11 is 3.43. The smallest absolute Gasteiger partial charge is 0.252 e. The van der Waals surface area contributed by atoms with Gasteiger partial charge in [0.1, 0.15) is 5.82 Å². The molecule has 0 aliphatic carbocycles. The molecule has 0 unspecified atom stereocenters. The zero-order chi connectivity index (χ0) is 19.5. The second-order valence-corrected chi connectivity index (χ2v) is 7.74. The van der Waals surface area contributed by atoms with Crippen LogP contribution in [0.2, 0.25) is 0 Å². The molecular weight excluding hydrogens is 423 g/mol. The van der Waals surface area contributed by atoms with Crippen molar-refractivity contribution in [3.63, 3.8) is 0 Å². The highest BCUT2D eigenvalue weighted by Crippen LogP contribution is 2.25. The third-order valence-corrected chi connectivity index (χ3v) is 5.61. The highest BCUT2D eigenvalue weighted by Gasteiger charge is 2.24. The summed E-state index contributed by atoms with van der Waals surface area (Å²) in [7, 11) is 0. The number of anilines is 1. The van der Waals surface area contributed by atoms with Gasteiger partial charge < -0.3 is 10.2 Å². The Labute approximate surface area is 171 Å². The van der Waals surface area contributed by atoms with Gasteiger partial charge >= 0.3 is 0 Å². The highest BCUT2D eigenvalue weighted by atomic mass is 79.9. The van der Waals surface area contributed by atoms with Crippen molar-refractivity contribution in [2.45, 2.75) is 18.9 Å². The summed E-state index contributed by atoms with van der Waals surface area (Å²) in [5.74, 6) is 0.496. The van der Waals surface area contributed by atoms with Crippen LogP contribution in [-0.2, 0) is 0 Å². The standard InChI is InChI=1S/C21H20BrFN4O/c22-18-6-2-1-5-17(18)21(28)24-16-4-3-11-27(13-16)20-12-19(25-26-20)14-7-9-15(23)10-8-14/h1-2,5-10,12,16H,3-4,11,13H2,(H,24,28)(H,25,26)/t16-/m0/s1. The molecule has 1 atom stereocenters. The Morgan fingerprint density at radius 3 is 2.79 bits per heavy atom. The van der Waals surface area contributed by atoms with E-state index in [1.54, 1.807) is 12.1 Å². The number of halogens is 2. The summed E-state index contributed by atoms with van der Waals surface area (Å²) in [4.78, 5) is 14.7. The maximum Gasteiger partial charge on any atom is 0.252 e. The molecule has 2 N–H and O–H groups in total. The molecule has 2 heterocycles. The van der Waals surface area contributed by atoms with E-state index in [-0.39, 0.29) is 17.8 Å². The molecule has 2 aromatic carbocycles. The normalized spacial score (nSPS) is 16.8. The summed E-state index contributed by atoms with van der Waals surface area (Å²) in [5.41, 5.74) is 2.36. The summed E-state index contributed by atoms with van der Waals surface area (Å²) in [5, 5.41) is 10.6. The fraction of sp³-hybridized carbons (Fsp3) is 0.238. The molecule has 1 aromatic heterocycles. The Morgan fingerprint density at radius 1 is 1.21 bits per heavy atom. The highest BCUT2D eigenvalue weighted by molar-refractivity contribution is 9.10. The van der Waals surface area contributed by atoms with E-state index in [2.05, 4.69) is 36.3 Å². The largest absolute Gasteiger partial charge is 0.353 e. The minimum atomic E-state index is -0.261. The number of hydrogen-bond donors (Lipinski definition) is 2. The first-order valence-corrected chi connectivity index (χ1v) is 10.0. The second-order valence-electron chi connectivity index (χ2n) is 6.89. The van der Waals surface area contributed by atoms with E-state index in [0.717, 1.165) is 40.9 Å². The van der Waals surface area contributed by atoms with Crippen LogP contribution in [0.4, 0.5) is 10.2 Å². The van der Waals surface area contributed by atoms with Crippen molar-refractivity contribution in [3.05, 3.63) is 70.5 Å². The predicted octanol–water partition coefficient (Wildman–Crippen LogP) is 4.38. The number of nitrogens with one attached hydrogen (secondary N) is 2. The molecule has 28 heavy (non-hydrogen) atoms. The predicted molar refractivity (Wildman–Crippen MR) is 111 cm³/mol. The number of nitrogens with zero attached hydrogens (tertiary/aromatic N) is 2. The molecule has 0 radical (unpaired) electrons. The van der Waals surface area contributed by atoms with E-state index in [1.807, 2.05) is 30.3 Å². The molecule has 1 aliphatic rings. The van der Waals surface area contributed by atoms with Gasteiger partial charge in [0, 0.05) is 29.7 Å². The number of hydrogen-bond acceptors (Lipinski definition) is 3. The minimum Gasteiger partial charge on any atom is -0.353 e. The number of carbonyl (C=O) groups is 1. The lowest BCUT2D eigenvalue weighted by Gasteiger charge is -2.33. The van der Waals surface area contributed by atoms with Crippen LogP contribution in [0.1, 0.15) is 23.2 Å². The molecule has 0 spiro atoms. The first-order chi connectivity index (χ1) is 13.6. The van der Waals surface area contributed by atoms with E-state index in [1.165, 1.54) is 12.1 Å². The van der Waals surface area contributed by atoms with Gasteiger partial charge in [-0.05, 0) is 70.7 Å². The molecule has 144 valence electrons. The van der Waals surface area contributed by atoms with Gasteiger partial charge in [-0.2, -0.15) is 5.10 Å². The lowest BCUT2D eigenvalue weighted by molar-refractivity contribution is 0.0932. The van der Waals surface area contributed by atoms with Crippen molar-refractivity contribution in [2.24, 2.45) is 0 Å². The molecule has 3 aromatic rings. The average Bonchev–Trinajstić information content (AvgIpc) is 3.19. The Balaban J connectivity index is 1.43. The van der Waals surface area contributed by atoms with Gasteiger partial charge in [0.25, 0.3) is 5.91 Å². The van der Waals surface area contributed by atoms with Crippen molar-refractivity contribution >= 4 is 27.7 Å². The van der Waals surface area contributed by atoms with Gasteiger partial charge in [-0.25, -0.2) is 4.39 Å². The Kier molecular flexibility index (Phi) is 5.43. The van der Waals surface area contributed by atoms with E-state index in [4.69, 9.17) is 0 Å². The van der Waals surface area contributed by atoms with Gasteiger partial charge in [0.2, 0.25) is 0 Å². The number of aromatic nitrogens is 2. The molecular formula is C21H20BrFN4O. The quantitative estimate of drug-likeness (QED) is 0.630. The number of amides is 1. The third-order valence-electron chi connectivity index (χ3n) is 4.92. The van der Waals surface area contributed by atoms with Crippen molar-refractivity contribution in [1.29, 1.82) is 0 Å². The SMILES string of the molecule is O=C(N[C@H]1CCCN(c2cc(-c3ccc(F)cc3)[nH]n2)C1)c1ccccc1Br. The van der Waals surface area contributed by atoms with E-state index < -0.39 is 0 Å². The van der Waals surface area contributed by atoms with Crippen LogP contribution in [0, 0.1) is 5.82 Å². The first kappa shape index (κ1) is 18.7. The molecule has 1 amide bonds. The molecule has 1 saturated heterocycles. The lowest BCUT2D eigenvalue weighted by Crippen LogP contribution is -2.48. The molecule has 4 rings (SSSR count). The number of piperidine rings is 1. The second kappa shape index (κ2) is 8.14. The number of aromatic amines is 1. The van der Waals surface area contributed by atoms with Crippen LogP contribution in [-0.4, -0.2) is 35.2 Å². The van der Waals surface area contributed by atoms with Gasteiger partial charge in [-0.15, -0.1) is 0 Å². The number of rotatable bonds is 4. The summed E-state index contributed by atoms with van der Waals surface area (Å²) in [6, 6.07) is 15.8. The topological polar surface area (TPSA) is 61.0 Å². The fourth-order valence-electron chi connectivity index (χ4n) is 3.46. The van der Waals surface area contributed by atoms with Gasteiger partial charge in [-0.1, -0.05) is 12.1 Å². The van der Waals surface area contributed by atoms with Crippen molar-refractivity contribution < 1.29 is 9.18 Å². The fourth-order valence-corrected chi connectivity index (χ4v) is 3.93. The van der Waals surface area contributed by atoms with Gasteiger partial charge in [-0.3, -0.25) is 9.89 Å². The maximum atomic E-state index is 13.1. The van der Waals surface area contributed by atoms with Crippen LogP contribution >= 0.6 is 15.9 Å². The van der Waals surface area contributed by atoms with Gasteiger partial charge in [0.15, 0.2) is 5.82 Å². The molecule has 5 nitrogen and oxygen atoms in total. The zero-order valence-corrected chi connectivity index (χ0v) is 16.7. The molecule has 7 heteroatoms. The van der Waals surface area contributed by atoms with Crippen LogP contribution in [0.3, 0.4) is 0 Å². The van der Waals surface area contributed by atoms with Crippen LogP contribution < -0.4 is 10.2 Å².